The first kappa shape index (κ1) is 16.2. The molecule has 3 heterocycles. The molecule has 1 amide bonds. The van der Waals surface area contributed by atoms with E-state index in [0.717, 1.165) is 11.3 Å². The maximum atomic E-state index is 12.3. The lowest BCUT2D eigenvalue weighted by Gasteiger charge is -2.11. The Morgan fingerprint density at radius 2 is 2.29 bits per heavy atom. The third kappa shape index (κ3) is 3.62. The molecule has 0 radical (unpaired) electrons. The van der Waals surface area contributed by atoms with E-state index in [1.165, 1.54) is 17.8 Å². The number of thioether (sulfide) groups is 1. The van der Waals surface area contributed by atoms with Crippen molar-refractivity contribution >= 4 is 23.3 Å². The molecule has 0 aliphatic heterocycles. The normalized spacial score (nSPS) is 12.2. The molecule has 0 saturated heterocycles. The number of hydrogen-bond acceptors (Lipinski definition) is 6. The molecule has 0 fully saturated rings. The molecule has 124 valence electrons. The van der Waals surface area contributed by atoms with E-state index in [2.05, 4.69) is 25.3 Å². The van der Waals surface area contributed by atoms with Crippen LogP contribution in [0.2, 0.25) is 0 Å². The van der Waals surface area contributed by atoms with Gasteiger partial charge in [0, 0.05) is 24.2 Å². The summed E-state index contributed by atoms with van der Waals surface area (Å²) in [5, 5.41) is 2.91. The maximum Gasteiger partial charge on any atom is 0.251 e. The molecular weight excluding hydrogens is 328 g/mol. The van der Waals surface area contributed by atoms with Gasteiger partial charge in [0.1, 0.15) is 0 Å². The lowest BCUT2D eigenvalue weighted by atomic mass is 10.4. The molecule has 0 aliphatic carbocycles. The number of H-pyrrole nitrogens is 1. The van der Waals surface area contributed by atoms with Crippen molar-refractivity contribution in [3.63, 3.8) is 0 Å². The number of hydrogen-bond donors (Lipinski definition) is 2. The highest BCUT2D eigenvalue weighted by Crippen LogP contribution is 2.18. The second kappa shape index (κ2) is 6.83. The minimum absolute atomic E-state index is 0.145. The van der Waals surface area contributed by atoms with Gasteiger partial charge in [0.05, 0.1) is 29.9 Å². The molecule has 8 nitrogen and oxygen atoms in total. The highest BCUT2D eigenvalue weighted by molar-refractivity contribution is 8.00. The Hall–Kier alpha value is -2.68. The number of carbonyl (C=O) groups excluding carboxylic acids is 1. The van der Waals surface area contributed by atoms with Crippen LogP contribution in [0.15, 0.2) is 40.8 Å². The van der Waals surface area contributed by atoms with Gasteiger partial charge in [-0.1, -0.05) is 11.8 Å². The minimum Gasteiger partial charge on any atom is -0.349 e. The number of amides is 1. The average molecular weight is 344 g/mol. The summed E-state index contributed by atoms with van der Waals surface area (Å²) in [6.07, 6.45) is 6.82. The second-order valence-electron chi connectivity index (χ2n) is 5.22. The Bertz CT molecular complexity index is 935. The topological polar surface area (TPSA) is 105 Å². The zero-order chi connectivity index (χ0) is 17.1. The van der Waals surface area contributed by atoms with E-state index in [4.69, 9.17) is 0 Å². The van der Waals surface area contributed by atoms with E-state index < -0.39 is 5.25 Å². The molecule has 0 aliphatic rings. The number of nitrogens with one attached hydrogen (secondary N) is 2. The van der Waals surface area contributed by atoms with Crippen molar-refractivity contribution in [3.8, 4) is 0 Å². The molecule has 0 spiro atoms. The van der Waals surface area contributed by atoms with Crippen LogP contribution < -0.4 is 10.9 Å². The van der Waals surface area contributed by atoms with Crippen LogP contribution in [0.5, 0.6) is 0 Å². The van der Waals surface area contributed by atoms with Gasteiger partial charge in [0.15, 0.2) is 10.8 Å². The fourth-order valence-corrected chi connectivity index (χ4v) is 3.06. The average Bonchev–Trinajstić information content (AvgIpc) is 2.94. The Balaban J connectivity index is 1.63. The summed E-state index contributed by atoms with van der Waals surface area (Å²) in [5.74, 6) is -0.145. The monoisotopic (exact) mass is 344 g/mol. The summed E-state index contributed by atoms with van der Waals surface area (Å²) >= 11 is 1.21. The molecule has 3 rings (SSSR count). The van der Waals surface area contributed by atoms with Gasteiger partial charge in [-0.2, -0.15) is 0 Å². The van der Waals surface area contributed by atoms with E-state index in [9.17, 15) is 9.59 Å². The van der Waals surface area contributed by atoms with E-state index in [1.807, 2.05) is 4.40 Å². The number of nitrogens with zero attached hydrogens (tertiary/aromatic N) is 4. The summed E-state index contributed by atoms with van der Waals surface area (Å²) < 4.78 is 1.87. The number of carbonyl (C=O) groups is 1. The predicted octanol–water partition coefficient (Wildman–Crippen LogP) is 0.918. The summed E-state index contributed by atoms with van der Waals surface area (Å²) in [6.45, 7) is 3.86. The van der Waals surface area contributed by atoms with Crippen LogP contribution in [0.4, 0.5) is 0 Å². The minimum atomic E-state index is -0.393. The van der Waals surface area contributed by atoms with Crippen LogP contribution >= 0.6 is 11.8 Å². The highest BCUT2D eigenvalue weighted by Gasteiger charge is 2.16. The Morgan fingerprint density at radius 1 is 1.46 bits per heavy atom. The lowest BCUT2D eigenvalue weighted by molar-refractivity contribution is -0.120. The van der Waals surface area contributed by atoms with Crippen molar-refractivity contribution in [1.29, 1.82) is 0 Å². The van der Waals surface area contributed by atoms with Crippen LogP contribution in [0.3, 0.4) is 0 Å². The molecule has 0 saturated carbocycles. The standard InChI is InChI=1S/C15H16N6O2S/c1-9-5-13(22)20-15(19-9)24-10(2)14(23)18-7-11-6-17-12-8-16-3-4-21(11)12/h3-6,8,10H,7H2,1-2H3,(H,18,23)(H,19,20,22). The van der Waals surface area contributed by atoms with Crippen molar-refractivity contribution in [2.24, 2.45) is 0 Å². The summed E-state index contributed by atoms with van der Waals surface area (Å²) in [5.41, 5.74) is 1.98. The SMILES string of the molecule is Cc1cc(=O)[nH]c(SC(C)C(=O)NCc2cnc3cnccn23)n1. The van der Waals surface area contributed by atoms with Crippen molar-refractivity contribution in [3.05, 3.63) is 52.6 Å². The van der Waals surface area contributed by atoms with Crippen molar-refractivity contribution in [1.82, 2.24) is 29.7 Å². The summed E-state index contributed by atoms with van der Waals surface area (Å²) in [4.78, 5) is 38.8. The van der Waals surface area contributed by atoms with Gasteiger partial charge in [-0.3, -0.25) is 19.0 Å². The first-order chi connectivity index (χ1) is 11.5. The fraction of sp³-hybridized carbons (Fsp3) is 0.267. The largest absolute Gasteiger partial charge is 0.349 e. The number of aromatic nitrogens is 5. The van der Waals surface area contributed by atoms with Crippen molar-refractivity contribution in [2.45, 2.75) is 30.8 Å². The number of fused-ring (bicyclic) bond motifs is 1. The molecule has 0 bridgehead atoms. The number of imidazole rings is 1. The third-order valence-corrected chi connectivity index (χ3v) is 4.33. The highest BCUT2D eigenvalue weighted by atomic mass is 32.2. The third-order valence-electron chi connectivity index (χ3n) is 3.34. The first-order valence-corrected chi connectivity index (χ1v) is 8.19. The van der Waals surface area contributed by atoms with Crippen LogP contribution in [-0.4, -0.2) is 35.5 Å². The van der Waals surface area contributed by atoms with Crippen LogP contribution in [-0.2, 0) is 11.3 Å². The number of aromatic amines is 1. The lowest BCUT2D eigenvalue weighted by Crippen LogP contribution is -2.31. The predicted molar refractivity (Wildman–Crippen MR) is 89.7 cm³/mol. The molecule has 1 unspecified atom stereocenters. The first-order valence-electron chi connectivity index (χ1n) is 7.31. The molecule has 3 aromatic rings. The van der Waals surface area contributed by atoms with E-state index in [0.29, 0.717) is 17.4 Å². The molecule has 3 aromatic heterocycles. The zero-order valence-electron chi connectivity index (χ0n) is 13.2. The van der Waals surface area contributed by atoms with Crippen molar-refractivity contribution in [2.75, 3.05) is 0 Å². The molecule has 0 aromatic carbocycles. The van der Waals surface area contributed by atoms with Gasteiger partial charge in [-0.05, 0) is 13.8 Å². The van der Waals surface area contributed by atoms with Crippen LogP contribution in [0.25, 0.3) is 5.65 Å². The smallest absolute Gasteiger partial charge is 0.251 e. The Morgan fingerprint density at radius 3 is 3.08 bits per heavy atom. The fourth-order valence-electron chi connectivity index (χ4n) is 2.18. The quantitative estimate of drug-likeness (QED) is 0.527. The van der Waals surface area contributed by atoms with Gasteiger partial charge < -0.3 is 10.3 Å². The van der Waals surface area contributed by atoms with Gasteiger partial charge in [0.2, 0.25) is 5.91 Å². The molecule has 1 atom stereocenters. The number of rotatable bonds is 5. The van der Waals surface area contributed by atoms with Crippen LogP contribution in [0, 0.1) is 6.92 Å². The van der Waals surface area contributed by atoms with E-state index in [-0.39, 0.29) is 11.5 Å². The molecular formula is C15H16N6O2S. The summed E-state index contributed by atoms with van der Waals surface area (Å²) in [7, 11) is 0. The van der Waals surface area contributed by atoms with Crippen molar-refractivity contribution < 1.29 is 4.79 Å². The van der Waals surface area contributed by atoms with Gasteiger partial charge >= 0.3 is 0 Å². The van der Waals surface area contributed by atoms with E-state index >= 15 is 0 Å². The van der Waals surface area contributed by atoms with E-state index in [1.54, 1.807) is 38.6 Å². The molecule has 2 N–H and O–H groups in total. The van der Waals surface area contributed by atoms with Gasteiger partial charge in [-0.15, -0.1) is 0 Å². The maximum absolute atomic E-state index is 12.3. The van der Waals surface area contributed by atoms with Crippen LogP contribution in [0.1, 0.15) is 18.3 Å². The second-order valence-corrected chi connectivity index (χ2v) is 6.55. The zero-order valence-corrected chi connectivity index (χ0v) is 14.0. The van der Waals surface area contributed by atoms with Gasteiger partial charge in [0.25, 0.3) is 5.56 Å². The Kier molecular flexibility index (Phi) is 4.61. The Labute approximate surface area is 141 Å². The summed E-state index contributed by atoms with van der Waals surface area (Å²) in [6, 6.07) is 1.41. The van der Waals surface area contributed by atoms with Gasteiger partial charge in [-0.25, -0.2) is 9.97 Å². The molecule has 9 heteroatoms. The number of aryl methyl sites for hydroxylation is 1. The molecule has 24 heavy (non-hydrogen) atoms.